The molecule has 16 heavy (non-hydrogen) atoms. The maximum absolute atomic E-state index is 5.75. The van der Waals surface area contributed by atoms with Gasteiger partial charge in [0.25, 0.3) is 0 Å². The first-order chi connectivity index (χ1) is 7.58. The number of aromatic nitrogens is 2. The van der Waals surface area contributed by atoms with Gasteiger partial charge in [0.15, 0.2) is 0 Å². The number of aryl methyl sites for hydroxylation is 2. The SMILES string of the molecule is CCc1nn(C)cc1NCC(CN)C(C)C. The summed E-state index contributed by atoms with van der Waals surface area (Å²) in [6, 6.07) is 0. The van der Waals surface area contributed by atoms with E-state index in [0.717, 1.165) is 30.9 Å². The minimum Gasteiger partial charge on any atom is -0.382 e. The predicted molar refractivity (Wildman–Crippen MR) is 68.5 cm³/mol. The molecule has 0 saturated carbocycles. The number of rotatable bonds is 6. The molecular weight excluding hydrogens is 200 g/mol. The first-order valence-corrected chi connectivity index (χ1v) is 6.04. The van der Waals surface area contributed by atoms with Crippen molar-refractivity contribution in [2.45, 2.75) is 27.2 Å². The van der Waals surface area contributed by atoms with Gasteiger partial charge in [-0.15, -0.1) is 0 Å². The average molecular weight is 224 g/mol. The van der Waals surface area contributed by atoms with Gasteiger partial charge in [-0.2, -0.15) is 5.10 Å². The lowest BCUT2D eigenvalue weighted by Gasteiger charge is -2.19. The zero-order valence-corrected chi connectivity index (χ0v) is 10.8. The highest BCUT2D eigenvalue weighted by Crippen LogP contribution is 2.16. The lowest BCUT2D eigenvalue weighted by atomic mass is 9.96. The Hall–Kier alpha value is -1.03. The highest BCUT2D eigenvalue weighted by molar-refractivity contribution is 5.46. The second kappa shape index (κ2) is 5.89. The number of anilines is 1. The quantitative estimate of drug-likeness (QED) is 0.772. The van der Waals surface area contributed by atoms with Gasteiger partial charge >= 0.3 is 0 Å². The van der Waals surface area contributed by atoms with Crippen molar-refractivity contribution in [1.29, 1.82) is 0 Å². The molecule has 0 bridgehead atoms. The van der Waals surface area contributed by atoms with E-state index in [1.807, 2.05) is 17.9 Å². The van der Waals surface area contributed by atoms with Crippen LogP contribution in [0.5, 0.6) is 0 Å². The fourth-order valence-electron chi connectivity index (χ4n) is 1.78. The van der Waals surface area contributed by atoms with Crippen molar-refractivity contribution >= 4 is 5.69 Å². The molecule has 0 saturated heterocycles. The van der Waals surface area contributed by atoms with E-state index in [2.05, 4.69) is 31.2 Å². The van der Waals surface area contributed by atoms with Gasteiger partial charge in [0.05, 0.1) is 11.4 Å². The van der Waals surface area contributed by atoms with E-state index in [9.17, 15) is 0 Å². The highest BCUT2D eigenvalue weighted by Gasteiger charge is 2.12. The van der Waals surface area contributed by atoms with Gasteiger partial charge in [-0.3, -0.25) is 4.68 Å². The Balaban J connectivity index is 2.59. The van der Waals surface area contributed by atoms with Crippen molar-refractivity contribution in [3.8, 4) is 0 Å². The Bertz CT molecular complexity index is 317. The van der Waals surface area contributed by atoms with E-state index >= 15 is 0 Å². The summed E-state index contributed by atoms with van der Waals surface area (Å²) in [6.07, 6.45) is 2.99. The van der Waals surface area contributed by atoms with Gasteiger partial charge in [0.2, 0.25) is 0 Å². The van der Waals surface area contributed by atoms with Gasteiger partial charge in [0.1, 0.15) is 0 Å². The molecule has 0 fully saturated rings. The van der Waals surface area contributed by atoms with Crippen LogP contribution in [0.4, 0.5) is 5.69 Å². The van der Waals surface area contributed by atoms with E-state index in [-0.39, 0.29) is 0 Å². The van der Waals surface area contributed by atoms with Crippen LogP contribution in [0.2, 0.25) is 0 Å². The molecule has 1 aromatic rings. The minimum atomic E-state index is 0.518. The van der Waals surface area contributed by atoms with Crippen LogP contribution < -0.4 is 11.1 Å². The van der Waals surface area contributed by atoms with Crippen LogP contribution in [0, 0.1) is 11.8 Å². The summed E-state index contributed by atoms with van der Waals surface area (Å²) >= 11 is 0. The van der Waals surface area contributed by atoms with Gasteiger partial charge in [-0.05, 0) is 24.8 Å². The van der Waals surface area contributed by atoms with Gasteiger partial charge < -0.3 is 11.1 Å². The molecule has 0 aliphatic carbocycles. The molecular formula is C12H24N4. The predicted octanol–water partition coefficient (Wildman–Crippen LogP) is 1.63. The first kappa shape index (κ1) is 13.0. The van der Waals surface area contributed by atoms with Gasteiger partial charge in [0, 0.05) is 19.8 Å². The first-order valence-electron chi connectivity index (χ1n) is 6.04. The van der Waals surface area contributed by atoms with Crippen LogP contribution in [0.3, 0.4) is 0 Å². The van der Waals surface area contributed by atoms with E-state index in [1.165, 1.54) is 0 Å². The third-order valence-corrected chi connectivity index (χ3v) is 3.04. The van der Waals surface area contributed by atoms with Crippen LogP contribution >= 0.6 is 0 Å². The molecule has 1 atom stereocenters. The van der Waals surface area contributed by atoms with Crippen molar-refractivity contribution in [2.24, 2.45) is 24.6 Å². The monoisotopic (exact) mass is 224 g/mol. The lowest BCUT2D eigenvalue weighted by Crippen LogP contribution is -2.27. The van der Waals surface area contributed by atoms with Crippen LogP contribution in [0.1, 0.15) is 26.5 Å². The van der Waals surface area contributed by atoms with Gasteiger partial charge in [-0.1, -0.05) is 20.8 Å². The number of hydrogen-bond donors (Lipinski definition) is 2. The van der Waals surface area contributed by atoms with Crippen molar-refractivity contribution < 1.29 is 0 Å². The standard InChI is InChI=1S/C12H24N4/c1-5-11-12(8-16(4)15-11)14-7-10(6-13)9(2)3/h8-10,14H,5-7,13H2,1-4H3. The van der Waals surface area contributed by atoms with Crippen LogP contribution in [-0.4, -0.2) is 22.9 Å². The maximum Gasteiger partial charge on any atom is 0.0853 e. The summed E-state index contributed by atoms with van der Waals surface area (Å²) in [5.41, 5.74) is 8.02. The molecule has 92 valence electrons. The Morgan fingerprint density at radius 2 is 2.19 bits per heavy atom. The lowest BCUT2D eigenvalue weighted by molar-refractivity contribution is 0.413. The van der Waals surface area contributed by atoms with Crippen molar-refractivity contribution in [1.82, 2.24) is 9.78 Å². The van der Waals surface area contributed by atoms with Crippen molar-refractivity contribution in [2.75, 3.05) is 18.4 Å². The Morgan fingerprint density at radius 3 is 2.69 bits per heavy atom. The molecule has 1 aromatic heterocycles. The van der Waals surface area contributed by atoms with Gasteiger partial charge in [-0.25, -0.2) is 0 Å². The normalized spacial score (nSPS) is 13.1. The zero-order chi connectivity index (χ0) is 12.1. The molecule has 1 unspecified atom stereocenters. The third kappa shape index (κ3) is 3.23. The fourth-order valence-corrected chi connectivity index (χ4v) is 1.78. The molecule has 0 aromatic carbocycles. The smallest absolute Gasteiger partial charge is 0.0853 e. The number of nitrogens with two attached hydrogens (primary N) is 1. The van der Waals surface area contributed by atoms with Crippen molar-refractivity contribution in [3.63, 3.8) is 0 Å². The van der Waals surface area contributed by atoms with Crippen LogP contribution in [0.15, 0.2) is 6.20 Å². The summed E-state index contributed by atoms with van der Waals surface area (Å²) < 4.78 is 1.86. The van der Waals surface area contributed by atoms with E-state index in [1.54, 1.807) is 0 Å². The number of nitrogens with one attached hydrogen (secondary N) is 1. The summed E-state index contributed by atoms with van der Waals surface area (Å²) in [4.78, 5) is 0. The number of hydrogen-bond acceptors (Lipinski definition) is 3. The second-order valence-corrected chi connectivity index (χ2v) is 4.64. The second-order valence-electron chi connectivity index (χ2n) is 4.64. The van der Waals surface area contributed by atoms with Crippen LogP contribution in [0.25, 0.3) is 0 Å². The molecule has 0 spiro atoms. The molecule has 1 heterocycles. The summed E-state index contributed by atoms with van der Waals surface area (Å²) in [7, 11) is 1.95. The maximum atomic E-state index is 5.75. The highest BCUT2D eigenvalue weighted by atomic mass is 15.3. The molecule has 0 amide bonds. The van der Waals surface area contributed by atoms with E-state index in [0.29, 0.717) is 11.8 Å². The Labute approximate surface area is 98.2 Å². The molecule has 4 nitrogen and oxygen atoms in total. The van der Waals surface area contributed by atoms with Crippen molar-refractivity contribution in [3.05, 3.63) is 11.9 Å². The molecule has 3 N–H and O–H groups in total. The van der Waals surface area contributed by atoms with Crippen LogP contribution in [-0.2, 0) is 13.5 Å². The summed E-state index contributed by atoms with van der Waals surface area (Å²) in [6.45, 7) is 8.20. The third-order valence-electron chi connectivity index (χ3n) is 3.04. The zero-order valence-electron chi connectivity index (χ0n) is 10.8. The minimum absolute atomic E-state index is 0.518. The molecule has 0 aliphatic heterocycles. The molecule has 1 rings (SSSR count). The Kier molecular flexibility index (Phi) is 4.80. The molecule has 0 aliphatic rings. The van der Waals surface area contributed by atoms with E-state index in [4.69, 9.17) is 5.73 Å². The topological polar surface area (TPSA) is 55.9 Å². The summed E-state index contributed by atoms with van der Waals surface area (Å²) in [5, 5.41) is 7.85. The largest absolute Gasteiger partial charge is 0.382 e. The fraction of sp³-hybridized carbons (Fsp3) is 0.750. The molecule has 0 radical (unpaired) electrons. The molecule has 4 heteroatoms. The Morgan fingerprint density at radius 1 is 1.50 bits per heavy atom. The number of nitrogens with zero attached hydrogens (tertiary/aromatic N) is 2. The van der Waals surface area contributed by atoms with E-state index < -0.39 is 0 Å². The summed E-state index contributed by atoms with van der Waals surface area (Å²) in [5.74, 6) is 1.13. The average Bonchev–Trinajstić information content (AvgIpc) is 2.59.